The van der Waals surface area contributed by atoms with E-state index in [9.17, 15) is 9.18 Å². The highest BCUT2D eigenvalue weighted by Gasteiger charge is 2.20. The monoisotopic (exact) mass is 338 g/mol. The zero-order valence-corrected chi connectivity index (χ0v) is 12.5. The van der Waals surface area contributed by atoms with Gasteiger partial charge in [-0.1, -0.05) is 6.07 Å². The van der Waals surface area contributed by atoms with Crippen LogP contribution in [0.3, 0.4) is 0 Å². The summed E-state index contributed by atoms with van der Waals surface area (Å²) < 4.78 is 24.5. The van der Waals surface area contributed by atoms with E-state index >= 15 is 0 Å². The van der Waals surface area contributed by atoms with E-state index in [1.807, 2.05) is 0 Å². The van der Waals surface area contributed by atoms with Crippen LogP contribution in [0.2, 0.25) is 0 Å². The second-order valence-corrected chi connectivity index (χ2v) is 4.85. The van der Waals surface area contributed by atoms with Crippen molar-refractivity contribution in [1.29, 1.82) is 0 Å². The minimum Gasteiger partial charge on any atom is -0.497 e. The van der Waals surface area contributed by atoms with Crippen LogP contribution in [0.15, 0.2) is 40.9 Å². The Balaban J connectivity index is 2.55. The van der Waals surface area contributed by atoms with Gasteiger partial charge in [0.1, 0.15) is 17.3 Å². The number of ether oxygens (including phenoxy) is 2. The number of carbonyl (C=O) groups excluding carboxylic acids is 1. The predicted molar refractivity (Wildman–Crippen MR) is 77.1 cm³/mol. The number of rotatable bonds is 4. The van der Waals surface area contributed by atoms with Crippen LogP contribution in [0.1, 0.15) is 15.9 Å². The molecule has 3 nitrogen and oxygen atoms in total. The van der Waals surface area contributed by atoms with Gasteiger partial charge in [-0.25, -0.2) is 4.39 Å². The summed E-state index contributed by atoms with van der Waals surface area (Å²) in [5.74, 6) is -0.179. The lowest BCUT2D eigenvalue weighted by Gasteiger charge is -2.10. The lowest BCUT2D eigenvalue weighted by atomic mass is 10.0. The first kappa shape index (κ1) is 14.5. The minimum atomic E-state index is -0.595. The van der Waals surface area contributed by atoms with Gasteiger partial charge >= 0.3 is 0 Å². The number of benzene rings is 2. The molecule has 2 rings (SSSR count). The molecule has 20 heavy (non-hydrogen) atoms. The molecule has 0 spiro atoms. The van der Waals surface area contributed by atoms with Crippen molar-refractivity contribution < 1.29 is 18.7 Å². The van der Waals surface area contributed by atoms with Crippen LogP contribution in [-0.4, -0.2) is 20.0 Å². The summed E-state index contributed by atoms with van der Waals surface area (Å²) in [5, 5.41) is 0. The topological polar surface area (TPSA) is 35.5 Å². The van der Waals surface area contributed by atoms with Crippen LogP contribution < -0.4 is 9.47 Å². The smallest absolute Gasteiger partial charge is 0.199 e. The van der Waals surface area contributed by atoms with Crippen LogP contribution >= 0.6 is 15.9 Å². The SMILES string of the molecule is COc1ccc(OC)c(C(=O)c2cccc(Br)c2F)c1. The fourth-order valence-corrected chi connectivity index (χ4v) is 2.18. The predicted octanol–water partition coefficient (Wildman–Crippen LogP) is 3.84. The Hall–Kier alpha value is -1.88. The number of methoxy groups -OCH3 is 2. The van der Waals surface area contributed by atoms with Gasteiger partial charge in [-0.15, -0.1) is 0 Å². The van der Waals surface area contributed by atoms with Crippen molar-refractivity contribution in [1.82, 2.24) is 0 Å². The third-order valence-electron chi connectivity index (χ3n) is 2.85. The number of ketones is 1. The molecule has 5 heteroatoms. The van der Waals surface area contributed by atoms with Gasteiger partial charge in [0.15, 0.2) is 5.78 Å². The number of hydrogen-bond donors (Lipinski definition) is 0. The standard InChI is InChI=1S/C15H12BrFO3/c1-19-9-6-7-13(20-2)11(8-9)15(18)10-4-3-5-12(16)14(10)17/h3-8H,1-2H3. The van der Waals surface area contributed by atoms with Crippen molar-refractivity contribution in [2.24, 2.45) is 0 Å². The number of carbonyl (C=O) groups is 1. The van der Waals surface area contributed by atoms with Gasteiger partial charge in [0.2, 0.25) is 0 Å². The Bertz CT molecular complexity index is 656. The highest BCUT2D eigenvalue weighted by atomic mass is 79.9. The minimum absolute atomic E-state index is 0.0223. The molecule has 0 radical (unpaired) electrons. The first-order chi connectivity index (χ1) is 9.58. The van der Waals surface area contributed by atoms with Crippen molar-refractivity contribution in [2.45, 2.75) is 0 Å². The lowest BCUT2D eigenvalue weighted by molar-refractivity contribution is 0.103. The molecule has 0 bridgehead atoms. The van der Waals surface area contributed by atoms with Gasteiger partial charge in [-0.2, -0.15) is 0 Å². The maximum Gasteiger partial charge on any atom is 0.199 e. The molecular weight excluding hydrogens is 327 g/mol. The molecule has 0 aliphatic heterocycles. The summed E-state index contributed by atoms with van der Waals surface area (Å²) in [6.07, 6.45) is 0. The second-order valence-electron chi connectivity index (χ2n) is 4.00. The number of halogens is 2. The summed E-state index contributed by atoms with van der Waals surface area (Å²) >= 11 is 3.07. The molecule has 0 unspecified atom stereocenters. The van der Waals surface area contributed by atoms with Crippen LogP contribution in [-0.2, 0) is 0 Å². The Labute approximate surface area is 124 Å². The molecule has 2 aromatic rings. The molecule has 0 atom stereocenters. The molecule has 0 heterocycles. The van der Waals surface area contributed by atoms with E-state index in [-0.39, 0.29) is 15.6 Å². The van der Waals surface area contributed by atoms with Gasteiger partial charge in [-0.05, 0) is 46.3 Å². The van der Waals surface area contributed by atoms with Crippen molar-refractivity contribution >= 4 is 21.7 Å². The molecule has 0 aliphatic carbocycles. The summed E-state index contributed by atoms with van der Waals surface area (Å²) in [4.78, 5) is 12.5. The van der Waals surface area contributed by atoms with Crippen LogP contribution in [0, 0.1) is 5.82 Å². The number of hydrogen-bond acceptors (Lipinski definition) is 3. The van der Waals surface area contributed by atoms with Crippen LogP contribution in [0.25, 0.3) is 0 Å². The van der Waals surface area contributed by atoms with Crippen LogP contribution in [0.5, 0.6) is 11.5 Å². The molecule has 0 N–H and O–H groups in total. The zero-order chi connectivity index (χ0) is 14.7. The molecular formula is C15H12BrFO3. The van der Waals surface area contributed by atoms with E-state index < -0.39 is 11.6 Å². The first-order valence-corrected chi connectivity index (χ1v) is 6.58. The Morgan fingerprint density at radius 2 is 1.85 bits per heavy atom. The van der Waals surface area contributed by atoms with Crippen LogP contribution in [0.4, 0.5) is 4.39 Å². The van der Waals surface area contributed by atoms with Crippen molar-refractivity contribution in [3.63, 3.8) is 0 Å². The third kappa shape index (κ3) is 2.67. The maximum atomic E-state index is 14.0. The van der Waals surface area contributed by atoms with E-state index in [2.05, 4.69) is 15.9 Å². The van der Waals surface area contributed by atoms with Crippen molar-refractivity contribution in [2.75, 3.05) is 14.2 Å². The normalized spacial score (nSPS) is 10.2. The highest BCUT2D eigenvalue weighted by Crippen LogP contribution is 2.28. The first-order valence-electron chi connectivity index (χ1n) is 5.79. The third-order valence-corrected chi connectivity index (χ3v) is 3.46. The quantitative estimate of drug-likeness (QED) is 0.794. The highest BCUT2D eigenvalue weighted by molar-refractivity contribution is 9.10. The summed E-state index contributed by atoms with van der Waals surface area (Å²) in [5.41, 5.74) is 0.231. The van der Waals surface area contributed by atoms with Crippen molar-refractivity contribution in [3.8, 4) is 11.5 Å². The van der Waals surface area contributed by atoms with Gasteiger partial charge < -0.3 is 9.47 Å². The van der Waals surface area contributed by atoms with E-state index in [0.29, 0.717) is 11.5 Å². The molecule has 0 saturated carbocycles. The fourth-order valence-electron chi connectivity index (χ4n) is 1.82. The van der Waals surface area contributed by atoms with Gasteiger partial charge in [-0.3, -0.25) is 4.79 Å². The van der Waals surface area contributed by atoms with E-state index in [1.165, 1.54) is 32.4 Å². The molecule has 0 saturated heterocycles. The fraction of sp³-hybridized carbons (Fsp3) is 0.133. The Morgan fingerprint density at radius 1 is 1.10 bits per heavy atom. The van der Waals surface area contributed by atoms with E-state index in [1.54, 1.807) is 18.2 Å². The van der Waals surface area contributed by atoms with E-state index in [0.717, 1.165) is 0 Å². The molecule has 0 amide bonds. The average Bonchev–Trinajstić information content (AvgIpc) is 2.48. The Morgan fingerprint density at radius 3 is 2.50 bits per heavy atom. The summed E-state index contributed by atoms with van der Waals surface area (Å²) in [6, 6.07) is 9.39. The average molecular weight is 339 g/mol. The van der Waals surface area contributed by atoms with Gasteiger partial charge in [0.25, 0.3) is 0 Å². The van der Waals surface area contributed by atoms with Gasteiger partial charge in [0.05, 0.1) is 29.8 Å². The molecule has 104 valence electrons. The van der Waals surface area contributed by atoms with E-state index in [4.69, 9.17) is 9.47 Å². The lowest BCUT2D eigenvalue weighted by Crippen LogP contribution is -2.07. The molecule has 0 fully saturated rings. The summed E-state index contributed by atoms with van der Waals surface area (Å²) in [7, 11) is 2.95. The summed E-state index contributed by atoms with van der Waals surface area (Å²) in [6.45, 7) is 0. The zero-order valence-electron chi connectivity index (χ0n) is 10.9. The van der Waals surface area contributed by atoms with Crippen molar-refractivity contribution in [3.05, 3.63) is 57.8 Å². The molecule has 0 aromatic heterocycles. The Kier molecular flexibility index (Phi) is 4.39. The maximum absolute atomic E-state index is 14.0. The molecule has 0 aliphatic rings. The van der Waals surface area contributed by atoms with Gasteiger partial charge in [0, 0.05) is 0 Å². The molecule has 2 aromatic carbocycles. The second kappa shape index (κ2) is 6.05. The largest absolute Gasteiger partial charge is 0.497 e.